The molecule has 0 aromatic heterocycles. The van der Waals surface area contributed by atoms with Crippen LogP contribution in [-0.4, -0.2) is 61.3 Å². The molecule has 0 spiro atoms. The first-order chi connectivity index (χ1) is 14.0. The molecule has 3 rings (SSSR count). The molecule has 5 nitrogen and oxygen atoms in total. The highest BCUT2D eigenvalue weighted by molar-refractivity contribution is 5.99. The van der Waals surface area contributed by atoms with Crippen molar-refractivity contribution < 1.29 is 14.3 Å². The lowest BCUT2D eigenvalue weighted by molar-refractivity contribution is -0.132. The molecule has 1 amide bonds. The molecule has 0 atom stereocenters. The number of benzene rings is 2. The van der Waals surface area contributed by atoms with Crippen molar-refractivity contribution in [3.05, 3.63) is 64.7 Å². The van der Waals surface area contributed by atoms with Gasteiger partial charge in [-0.3, -0.25) is 14.5 Å². The number of piperazine rings is 1. The third-order valence-electron chi connectivity index (χ3n) is 5.59. The molecule has 0 bridgehead atoms. The van der Waals surface area contributed by atoms with Gasteiger partial charge in [0.15, 0.2) is 5.78 Å². The molecular formula is C24H30N2O3. The Labute approximate surface area is 173 Å². The molecule has 0 aliphatic carbocycles. The summed E-state index contributed by atoms with van der Waals surface area (Å²) in [6.45, 7) is 7.20. The Bertz CT molecular complexity index is 870. The Hall–Kier alpha value is -2.66. The Morgan fingerprint density at radius 2 is 1.72 bits per heavy atom. The van der Waals surface area contributed by atoms with E-state index in [1.807, 2.05) is 61.2 Å². The molecule has 0 N–H and O–H groups in total. The number of ketones is 1. The zero-order valence-corrected chi connectivity index (χ0v) is 17.6. The highest BCUT2D eigenvalue weighted by Crippen LogP contribution is 2.19. The van der Waals surface area contributed by atoms with Gasteiger partial charge in [-0.1, -0.05) is 35.9 Å². The van der Waals surface area contributed by atoms with Crippen LogP contribution >= 0.6 is 0 Å². The Morgan fingerprint density at radius 1 is 1.00 bits per heavy atom. The number of para-hydroxylation sites is 1. The lowest BCUT2D eigenvalue weighted by atomic mass is 10.0. The zero-order valence-electron chi connectivity index (χ0n) is 17.6. The predicted molar refractivity (Wildman–Crippen MR) is 115 cm³/mol. The number of aryl methyl sites for hydroxylation is 3. The first-order valence-corrected chi connectivity index (χ1v) is 10.2. The predicted octanol–water partition coefficient (Wildman–Crippen LogP) is 3.27. The van der Waals surface area contributed by atoms with Crippen LogP contribution in [0, 0.1) is 13.8 Å². The molecule has 2 aromatic carbocycles. The molecular weight excluding hydrogens is 364 g/mol. The van der Waals surface area contributed by atoms with Gasteiger partial charge in [0.2, 0.25) is 5.91 Å². The third kappa shape index (κ3) is 5.45. The number of Topliss-reactive ketones (excluding diaryl/α,β-unsaturated/α-hetero) is 1. The van der Waals surface area contributed by atoms with Crippen LogP contribution in [0.5, 0.6) is 5.75 Å². The maximum absolute atomic E-state index is 12.7. The molecule has 154 valence electrons. The fraction of sp³-hybridized carbons (Fsp3) is 0.417. The second-order valence-electron chi connectivity index (χ2n) is 7.71. The first-order valence-electron chi connectivity index (χ1n) is 10.2. The minimum Gasteiger partial charge on any atom is -0.496 e. The van der Waals surface area contributed by atoms with E-state index in [4.69, 9.17) is 4.74 Å². The van der Waals surface area contributed by atoms with E-state index in [1.165, 1.54) is 0 Å². The van der Waals surface area contributed by atoms with E-state index in [0.717, 1.165) is 41.1 Å². The average Bonchev–Trinajstić information content (AvgIpc) is 2.74. The number of carbonyl (C=O) groups is 2. The van der Waals surface area contributed by atoms with Crippen LogP contribution in [0.15, 0.2) is 42.5 Å². The largest absolute Gasteiger partial charge is 0.496 e. The fourth-order valence-corrected chi connectivity index (χ4v) is 3.79. The van der Waals surface area contributed by atoms with Crippen LogP contribution in [-0.2, 0) is 11.2 Å². The third-order valence-corrected chi connectivity index (χ3v) is 5.59. The van der Waals surface area contributed by atoms with Gasteiger partial charge in [-0.15, -0.1) is 0 Å². The van der Waals surface area contributed by atoms with Crippen LogP contribution in [0.25, 0.3) is 0 Å². The standard InChI is InChI=1S/C24H30N2O3/c1-18-8-9-19(2)21(16-18)22(27)17-25-12-14-26(15-13-25)24(28)11-10-20-6-4-5-7-23(20)29-3/h4-9,16H,10-15,17H2,1-3H3. The number of amides is 1. The highest BCUT2D eigenvalue weighted by atomic mass is 16.5. The summed E-state index contributed by atoms with van der Waals surface area (Å²) in [4.78, 5) is 29.3. The summed E-state index contributed by atoms with van der Waals surface area (Å²) in [6, 6.07) is 13.8. The number of ether oxygens (including phenoxy) is 1. The zero-order chi connectivity index (χ0) is 20.8. The molecule has 1 aliphatic heterocycles. The van der Waals surface area contributed by atoms with Crippen molar-refractivity contribution in [1.82, 2.24) is 9.80 Å². The molecule has 1 aliphatic rings. The van der Waals surface area contributed by atoms with Crippen molar-refractivity contribution >= 4 is 11.7 Å². The minimum absolute atomic E-state index is 0.155. The van der Waals surface area contributed by atoms with Crippen LogP contribution in [0.1, 0.15) is 33.5 Å². The smallest absolute Gasteiger partial charge is 0.222 e. The molecule has 1 saturated heterocycles. The van der Waals surface area contributed by atoms with Crippen molar-refractivity contribution in [1.29, 1.82) is 0 Å². The lowest BCUT2D eigenvalue weighted by Crippen LogP contribution is -2.50. The van der Waals surface area contributed by atoms with Crippen molar-refractivity contribution in [3.8, 4) is 5.75 Å². The summed E-state index contributed by atoms with van der Waals surface area (Å²) in [5.74, 6) is 1.15. The van der Waals surface area contributed by atoms with Gasteiger partial charge >= 0.3 is 0 Å². The Morgan fingerprint density at radius 3 is 2.45 bits per heavy atom. The number of carbonyl (C=O) groups excluding carboxylic acids is 2. The van der Waals surface area contributed by atoms with E-state index >= 15 is 0 Å². The second-order valence-corrected chi connectivity index (χ2v) is 7.71. The van der Waals surface area contributed by atoms with Crippen molar-refractivity contribution in [2.45, 2.75) is 26.7 Å². The highest BCUT2D eigenvalue weighted by Gasteiger charge is 2.23. The van der Waals surface area contributed by atoms with Gasteiger partial charge in [-0.05, 0) is 43.5 Å². The minimum atomic E-state index is 0.155. The maximum atomic E-state index is 12.7. The van der Waals surface area contributed by atoms with E-state index in [2.05, 4.69) is 4.90 Å². The second kappa shape index (κ2) is 9.70. The van der Waals surface area contributed by atoms with Gasteiger partial charge in [0.05, 0.1) is 13.7 Å². The first kappa shape index (κ1) is 21.1. The van der Waals surface area contributed by atoms with Crippen LogP contribution in [0.2, 0.25) is 0 Å². The average molecular weight is 395 g/mol. The SMILES string of the molecule is COc1ccccc1CCC(=O)N1CCN(CC(=O)c2cc(C)ccc2C)CC1. The molecule has 5 heteroatoms. The molecule has 0 unspecified atom stereocenters. The number of hydrogen-bond acceptors (Lipinski definition) is 4. The Balaban J connectivity index is 1.48. The van der Waals surface area contributed by atoms with E-state index in [1.54, 1.807) is 7.11 Å². The van der Waals surface area contributed by atoms with Gasteiger partial charge in [0, 0.05) is 38.2 Å². The lowest BCUT2D eigenvalue weighted by Gasteiger charge is -2.34. The summed E-state index contributed by atoms with van der Waals surface area (Å²) in [5, 5.41) is 0. The van der Waals surface area contributed by atoms with E-state index in [9.17, 15) is 9.59 Å². The van der Waals surface area contributed by atoms with Gasteiger partial charge in [0.1, 0.15) is 5.75 Å². The van der Waals surface area contributed by atoms with Crippen molar-refractivity contribution in [3.63, 3.8) is 0 Å². The monoisotopic (exact) mass is 394 g/mol. The fourth-order valence-electron chi connectivity index (χ4n) is 3.79. The topological polar surface area (TPSA) is 49.9 Å². The van der Waals surface area contributed by atoms with Crippen LogP contribution < -0.4 is 4.74 Å². The Kier molecular flexibility index (Phi) is 7.04. The van der Waals surface area contributed by atoms with E-state index in [0.29, 0.717) is 32.5 Å². The molecule has 0 saturated carbocycles. The van der Waals surface area contributed by atoms with Crippen molar-refractivity contribution in [2.75, 3.05) is 39.8 Å². The summed E-state index contributed by atoms with van der Waals surface area (Å²) < 4.78 is 5.36. The summed E-state index contributed by atoms with van der Waals surface area (Å²) in [6.07, 6.45) is 1.15. The molecule has 2 aromatic rings. The van der Waals surface area contributed by atoms with E-state index < -0.39 is 0 Å². The summed E-state index contributed by atoms with van der Waals surface area (Å²) >= 11 is 0. The number of hydrogen-bond donors (Lipinski definition) is 0. The summed E-state index contributed by atoms with van der Waals surface area (Å²) in [5.41, 5.74) is 3.98. The molecule has 1 heterocycles. The normalized spacial score (nSPS) is 14.7. The van der Waals surface area contributed by atoms with E-state index in [-0.39, 0.29) is 11.7 Å². The molecule has 0 radical (unpaired) electrons. The molecule has 1 fully saturated rings. The van der Waals surface area contributed by atoms with Gasteiger partial charge in [0.25, 0.3) is 0 Å². The van der Waals surface area contributed by atoms with Gasteiger partial charge in [-0.2, -0.15) is 0 Å². The number of methoxy groups -OCH3 is 1. The van der Waals surface area contributed by atoms with Gasteiger partial charge < -0.3 is 9.64 Å². The van der Waals surface area contributed by atoms with Crippen LogP contribution in [0.4, 0.5) is 0 Å². The van der Waals surface area contributed by atoms with Gasteiger partial charge in [-0.25, -0.2) is 0 Å². The quantitative estimate of drug-likeness (QED) is 0.677. The van der Waals surface area contributed by atoms with Crippen molar-refractivity contribution in [2.24, 2.45) is 0 Å². The summed E-state index contributed by atoms with van der Waals surface area (Å²) in [7, 11) is 1.65. The number of rotatable bonds is 7. The number of nitrogens with zero attached hydrogens (tertiary/aromatic N) is 2. The maximum Gasteiger partial charge on any atom is 0.222 e. The molecule has 29 heavy (non-hydrogen) atoms. The van der Waals surface area contributed by atoms with Crippen LogP contribution in [0.3, 0.4) is 0 Å².